The molecule has 0 heterocycles. The maximum Gasteiger partial charge on any atom is 0.0598 e. The van der Waals surface area contributed by atoms with Gasteiger partial charge in [0.15, 0.2) is 0 Å². The monoisotopic (exact) mass is 246 g/mol. The van der Waals surface area contributed by atoms with Crippen LogP contribution in [0, 0.1) is 5.41 Å². The summed E-state index contributed by atoms with van der Waals surface area (Å²) in [5, 5.41) is 0. The summed E-state index contributed by atoms with van der Waals surface area (Å²) < 4.78 is 11.6. The Morgan fingerprint density at radius 1 is 0.706 bits per heavy atom. The molecular weight excluding hydrogens is 216 g/mol. The smallest absolute Gasteiger partial charge is 0.0598 e. The molecule has 4 N–H and O–H groups in total. The average Bonchev–Trinajstić information content (AvgIpc) is 2.16. The summed E-state index contributed by atoms with van der Waals surface area (Å²) in [6.07, 6.45) is 0. The van der Waals surface area contributed by atoms with Crippen molar-refractivity contribution in [1.82, 2.24) is 0 Å². The van der Waals surface area contributed by atoms with E-state index < -0.39 is 0 Å². The average molecular weight is 246 g/mol. The van der Waals surface area contributed by atoms with Gasteiger partial charge in [0.2, 0.25) is 0 Å². The SMILES string of the molecule is CC(C)(C)OCC(CN)(CN)COC(C)(C)C. The van der Waals surface area contributed by atoms with Crippen LogP contribution in [-0.4, -0.2) is 37.5 Å². The van der Waals surface area contributed by atoms with Crippen molar-refractivity contribution >= 4 is 0 Å². The van der Waals surface area contributed by atoms with E-state index in [9.17, 15) is 0 Å². The van der Waals surface area contributed by atoms with Crippen molar-refractivity contribution in [3.8, 4) is 0 Å². The highest BCUT2D eigenvalue weighted by Crippen LogP contribution is 2.22. The number of hydrogen-bond donors (Lipinski definition) is 2. The molecule has 0 saturated heterocycles. The molecule has 0 aromatic carbocycles. The lowest BCUT2D eigenvalue weighted by Crippen LogP contribution is -2.48. The van der Waals surface area contributed by atoms with E-state index in [1.807, 2.05) is 41.5 Å². The van der Waals surface area contributed by atoms with E-state index in [1.54, 1.807) is 0 Å². The molecule has 0 saturated carbocycles. The predicted octanol–water partition coefficient (Wildman–Crippen LogP) is 1.52. The molecule has 104 valence electrons. The molecule has 0 fully saturated rings. The van der Waals surface area contributed by atoms with Gasteiger partial charge in [-0.05, 0) is 41.5 Å². The van der Waals surface area contributed by atoms with E-state index >= 15 is 0 Å². The van der Waals surface area contributed by atoms with Crippen molar-refractivity contribution in [2.75, 3.05) is 26.3 Å². The van der Waals surface area contributed by atoms with Crippen molar-refractivity contribution in [2.45, 2.75) is 52.7 Å². The molecule has 0 aliphatic carbocycles. The second-order valence-corrected chi connectivity index (χ2v) is 6.71. The fourth-order valence-corrected chi connectivity index (χ4v) is 1.10. The molecule has 4 nitrogen and oxygen atoms in total. The van der Waals surface area contributed by atoms with E-state index in [4.69, 9.17) is 20.9 Å². The van der Waals surface area contributed by atoms with Gasteiger partial charge in [-0.15, -0.1) is 0 Å². The van der Waals surface area contributed by atoms with Crippen molar-refractivity contribution < 1.29 is 9.47 Å². The van der Waals surface area contributed by atoms with Gasteiger partial charge in [-0.3, -0.25) is 0 Å². The van der Waals surface area contributed by atoms with E-state index in [-0.39, 0.29) is 16.6 Å². The van der Waals surface area contributed by atoms with Gasteiger partial charge < -0.3 is 20.9 Å². The third-order valence-electron chi connectivity index (χ3n) is 2.49. The Balaban J connectivity index is 4.46. The van der Waals surface area contributed by atoms with Gasteiger partial charge in [0, 0.05) is 18.5 Å². The first-order chi connectivity index (χ1) is 7.54. The van der Waals surface area contributed by atoms with E-state index in [1.165, 1.54) is 0 Å². The van der Waals surface area contributed by atoms with Crippen LogP contribution < -0.4 is 11.5 Å². The van der Waals surface area contributed by atoms with Crippen LogP contribution in [0.3, 0.4) is 0 Å². The van der Waals surface area contributed by atoms with Gasteiger partial charge in [-0.2, -0.15) is 0 Å². The van der Waals surface area contributed by atoms with Crippen molar-refractivity contribution in [3.63, 3.8) is 0 Å². The maximum atomic E-state index is 5.84. The van der Waals surface area contributed by atoms with Crippen molar-refractivity contribution in [3.05, 3.63) is 0 Å². The van der Waals surface area contributed by atoms with E-state index in [2.05, 4.69) is 0 Å². The summed E-state index contributed by atoms with van der Waals surface area (Å²) in [5.74, 6) is 0. The molecule has 0 aliphatic heterocycles. The molecule has 0 aromatic rings. The van der Waals surface area contributed by atoms with Gasteiger partial charge in [-0.1, -0.05) is 0 Å². The van der Waals surface area contributed by atoms with Gasteiger partial charge in [0.25, 0.3) is 0 Å². The Bertz CT molecular complexity index is 192. The first-order valence-electron chi connectivity index (χ1n) is 6.22. The minimum absolute atomic E-state index is 0.183. The Morgan fingerprint density at radius 3 is 1.18 bits per heavy atom. The summed E-state index contributed by atoms with van der Waals surface area (Å²) in [6.45, 7) is 14.1. The van der Waals surface area contributed by atoms with Gasteiger partial charge in [0.1, 0.15) is 0 Å². The fraction of sp³-hybridized carbons (Fsp3) is 1.00. The summed E-state index contributed by atoms with van der Waals surface area (Å²) in [6, 6.07) is 0. The molecule has 4 heteroatoms. The van der Waals surface area contributed by atoms with Crippen molar-refractivity contribution in [2.24, 2.45) is 16.9 Å². The maximum absolute atomic E-state index is 5.84. The van der Waals surface area contributed by atoms with Crippen LogP contribution in [0.2, 0.25) is 0 Å². The molecule has 17 heavy (non-hydrogen) atoms. The zero-order chi connectivity index (χ0) is 13.7. The molecule has 0 amide bonds. The predicted molar refractivity (Wildman–Crippen MR) is 72.0 cm³/mol. The van der Waals surface area contributed by atoms with Crippen molar-refractivity contribution in [1.29, 1.82) is 0 Å². The first-order valence-corrected chi connectivity index (χ1v) is 6.22. The molecule has 0 atom stereocenters. The number of hydrogen-bond acceptors (Lipinski definition) is 4. The first kappa shape index (κ1) is 16.8. The molecule has 0 bridgehead atoms. The van der Waals surface area contributed by atoms with Crippen LogP contribution in [0.5, 0.6) is 0 Å². The molecule has 0 rings (SSSR count). The Labute approximate surface area is 106 Å². The molecule has 0 radical (unpaired) electrons. The van der Waals surface area contributed by atoms with Gasteiger partial charge in [-0.25, -0.2) is 0 Å². The normalized spacial score (nSPS) is 14.1. The second-order valence-electron chi connectivity index (χ2n) is 6.71. The molecule has 0 aliphatic rings. The van der Waals surface area contributed by atoms with E-state index in [0.29, 0.717) is 26.3 Å². The molecule has 0 spiro atoms. The zero-order valence-corrected chi connectivity index (χ0v) is 12.3. The highest BCUT2D eigenvalue weighted by molar-refractivity contribution is 4.83. The number of ether oxygens (including phenoxy) is 2. The van der Waals surface area contributed by atoms with Crippen LogP contribution in [0.15, 0.2) is 0 Å². The summed E-state index contributed by atoms with van der Waals surface area (Å²) in [4.78, 5) is 0. The fourth-order valence-electron chi connectivity index (χ4n) is 1.10. The Morgan fingerprint density at radius 2 is 1.00 bits per heavy atom. The third-order valence-corrected chi connectivity index (χ3v) is 2.49. The topological polar surface area (TPSA) is 70.5 Å². The quantitative estimate of drug-likeness (QED) is 0.745. The van der Waals surface area contributed by atoms with Gasteiger partial charge in [0.05, 0.1) is 24.4 Å². The lowest BCUT2D eigenvalue weighted by molar-refractivity contribution is -0.101. The molecule has 0 aromatic heterocycles. The minimum Gasteiger partial charge on any atom is -0.375 e. The lowest BCUT2D eigenvalue weighted by atomic mass is 9.89. The van der Waals surface area contributed by atoms with E-state index in [0.717, 1.165) is 0 Å². The standard InChI is InChI=1S/C13H30N2O2/c1-11(2,3)16-9-13(7-14,8-15)10-17-12(4,5)6/h7-10,14-15H2,1-6H3. The second kappa shape index (κ2) is 6.14. The Hall–Kier alpha value is -0.160. The summed E-state index contributed by atoms with van der Waals surface area (Å²) in [7, 11) is 0. The summed E-state index contributed by atoms with van der Waals surface area (Å²) in [5.41, 5.74) is 11.0. The zero-order valence-electron chi connectivity index (χ0n) is 12.3. The van der Waals surface area contributed by atoms with Crippen LogP contribution >= 0.6 is 0 Å². The largest absolute Gasteiger partial charge is 0.375 e. The number of nitrogens with two attached hydrogens (primary N) is 2. The molecule has 0 unspecified atom stereocenters. The van der Waals surface area contributed by atoms with Gasteiger partial charge >= 0.3 is 0 Å². The minimum atomic E-state index is -0.291. The Kier molecular flexibility index (Phi) is 6.08. The number of rotatable bonds is 6. The highest BCUT2D eigenvalue weighted by atomic mass is 16.5. The lowest BCUT2D eigenvalue weighted by Gasteiger charge is -2.36. The molecular formula is C13H30N2O2. The van der Waals surface area contributed by atoms with Crippen LogP contribution in [-0.2, 0) is 9.47 Å². The highest BCUT2D eigenvalue weighted by Gasteiger charge is 2.31. The van der Waals surface area contributed by atoms with Crippen LogP contribution in [0.4, 0.5) is 0 Å². The van der Waals surface area contributed by atoms with Crippen LogP contribution in [0.25, 0.3) is 0 Å². The summed E-state index contributed by atoms with van der Waals surface area (Å²) >= 11 is 0. The third kappa shape index (κ3) is 7.71. The van der Waals surface area contributed by atoms with Crippen LogP contribution in [0.1, 0.15) is 41.5 Å².